The summed E-state index contributed by atoms with van der Waals surface area (Å²) >= 11 is 0. The molecule has 2 aromatic heterocycles. The minimum Gasteiger partial charge on any atom is -0.356 e. The zero-order valence-corrected chi connectivity index (χ0v) is 24.6. The number of aromatic nitrogens is 2. The van der Waals surface area contributed by atoms with Gasteiger partial charge >= 0.3 is 5.96 Å². The van der Waals surface area contributed by atoms with E-state index in [1.807, 2.05) is 37.7 Å². The highest BCUT2D eigenvalue weighted by Crippen LogP contribution is 2.48. The van der Waals surface area contributed by atoms with Gasteiger partial charge in [-0.15, -0.1) is 0 Å². The van der Waals surface area contributed by atoms with Crippen molar-refractivity contribution < 1.29 is 21.8 Å². The van der Waals surface area contributed by atoms with Crippen LogP contribution < -0.4 is 15.8 Å². The van der Waals surface area contributed by atoms with Gasteiger partial charge in [-0.1, -0.05) is 6.07 Å². The Morgan fingerprint density at radius 3 is 2.44 bits per heavy atom. The molecule has 1 aliphatic rings. The molecule has 0 aliphatic carbocycles. The summed E-state index contributed by atoms with van der Waals surface area (Å²) in [6, 6.07) is 8.12. The minimum absolute atomic E-state index is 0.139. The first kappa shape index (κ1) is 28.3. The second-order valence-corrected chi connectivity index (χ2v) is 13.0. The molecule has 0 saturated carbocycles. The Bertz CT molecular complexity index is 1870. The van der Waals surface area contributed by atoms with Crippen molar-refractivity contribution in [3.8, 4) is 11.1 Å². The second-order valence-electron chi connectivity index (χ2n) is 10.8. The van der Waals surface area contributed by atoms with Gasteiger partial charge in [0, 0.05) is 59.5 Å². The summed E-state index contributed by atoms with van der Waals surface area (Å²) in [6.45, 7) is 0.286. The normalized spacial score (nSPS) is 14.5. The van der Waals surface area contributed by atoms with Crippen LogP contribution in [0.5, 0.6) is 0 Å². The third-order valence-corrected chi connectivity index (χ3v) is 8.07. The molecular formula is C29H33F2N6O3S+. The summed E-state index contributed by atoms with van der Waals surface area (Å²) in [5.41, 5.74) is 3.50. The molecule has 0 radical (unpaired) electrons. The highest BCUT2D eigenvalue weighted by molar-refractivity contribution is 7.89. The summed E-state index contributed by atoms with van der Waals surface area (Å²) in [6.07, 6.45) is 4.64. The number of hydrogen-bond acceptors (Lipinski definition) is 4. The van der Waals surface area contributed by atoms with E-state index in [0.717, 1.165) is 17.6 Å². The maximum atomic E-state index is 15.6. The molecule has 0 spiro atoms. The van der Waals surface area contributed by atoms with E-state index in [4.69, 9.17) is 0 Å². The summed E-state index contributed by atoms with van der Waals surface area (Å²) in [7, 11) is 5.90. The molecule has 1 aliphatic heterocycles. The summed E-state index contributed by atoms with van der Waals surface area (Å²) in [5.74, 6) is -0.841. The summed E-state index contributed by atoms with van der Waals surface area (Å²) < 4.78 is 57.5. The fourth-order valence-electron chi connectivity index (χ4n) is 5.65. The van der Waals surface area contributed by atoms with Crippen molar-refractivity contribution >= 4 is 38.1 Å². The van der Waals surface area contributed by atoms with Crippen LogP contribution in [0, 0.1) is 11.6 Å². The van der Waals surface area contributed by atoms with E-state index in [2.05, 4.69) is 10.3 Å². The van der Waals surface area contributed by atoms with Gasteiger partial charge in [-0.2, -0.15) is 0 Å². The molecule has 1 unspecified atom stereocenters. The van der Waals surface area contributed by atoms with Crippen LogP contribution in [0.25, 0.3) is 22.0 Å². The van der Waals surface area contributed by atoms with Crippen molar-refractivity contribution in [1.29, 1.82) is 0 Å². The minimum atomic E-state index is -3.35. The van der Waals surface area contributed by atoms with Crippen LogP contribution in [0.4, 0.5) is 20.2 Å². The van der Waals surface area contributed by atoms with Gasteiger partial charge in [0.1, 0.15) is 17.2 Å². The first-order chi connectivity index (χ1) is 19.3. The molecule has 0 fully saturated rings. The van der Waals surface area contributed by atoms with Crippen LogP contribution >= 0.6 is 0 Å². The summed E-state index contributed by atoms with van der Waals surface area (Å²) in [5, 5.41) is 4.13. The van der Waals surface area contributed by atoms with Crippen LogP contribution in [0.15, 0.2) is 53.6 Å². The zero-order valence-electron chi connectivity index (χ0n) is 23.8. The monoisotopic (exact) mass is 583 g/mol. The lowest BCUT2D eigenvalue weighted by Gasteiger charge is -2.34. The third kappa shape index (κ3) is 5.19. The molecule has 216 valence electrons. The largest absolute Gasteiger partial charge is 0.356 e. The van der Waals surface area contributed by atoms with Gasteiger partial charge < -0.3 is 14.5 Å². The molecule has 0 amide bonds. The topological polar surface area (TPSA) is 93.4 Å². The molecule has 1 atom stereocenters. The number of H-pyrrole nitrogens is 1. The van der Waals surface area contributed by atoms with E-state index in [-0.39, 0.29) is 23.5 Å². The van der Waals surface area contributed by atoms with E-state index in [1.165, 1.54) is 23.0 Å². The van der Waals surface area contributed by atoms with E-state index in [1.54, 1.807) is 42.5 Å². The molecule has 41 heavy (non-hydrogen) atoms. The van der Waals surface area contributed by atoms with Crippen molar-refractivity contribution in [2.75, 3.05) is 45.9 Å². The number of aromatic amines is 1. The van der Waals surface area contributed by atoms with Gasteiger partial charge in [0.2, 0.25) is 0 Å². The van der Waals surface area contributed by atoms with Crippen molar-refractivity contribution in [1.82, 2.24) is 19.8 Å². The maximum Gasteiger partial charge on any atom is 0.347 e. The molecule has 0 saturated heterocycles. The Kier molecular flexibility index (Phi) is 7.14. The quantitative estimate of drug-likeness (QED) is 0.213. The fourth-order valence-corrected chi connectivity index (χ4v) is 6.43. The highest BCUT2D eigenvalue weighted by Gasteiger charge is 2.35. The van der Waals surface area contributed by atoms with E-state index in [0.29, 0.717) is 33.3 Å². The standard InChI is InChI=1S/C29H32F2N6O3S/c1-34(2)29(35(3)4)33-14-25-20-13-32-27-26(20)21(15-36(5)28(27)38)19-11-17(16-41(6,39)40)7-9-23(19)37(25)24-10-8-18(30)12-22(24)31/h7-13,15,25H,14,16H2,1-6H3,(H,32,38)/p+1. The maximum absolute atomic E-state index is 15.6. The van der Waals surface area contributed by atoms with Gasteiger partial charge in [-0.05, 0) is 29.8 Å². The fraction of sp³-hybridized carbons (Fsp3) is 0.310. The van der Waals surface area contributed by atoms with Crippen LogP contribution in [-0.4, -0.2) is 74.4 Å². The first-order valence-electron chi connectivity index (χ1n) is 13.0. The second kappa shape index (κ2) is 10.3. The lowest BCUT2D eigenvalue weighted by molar-refractivity contribution is -0.472. The number of anilines is 2. The number of nitrogens with one attached hydrogen (secondary N) is 2. The van der Waals surface area contributed by atoms with Gasteiger partial charge in [0.25, 0.3) is 5.56 Å². The van der Waals surface area contributed by atoms with Crippen molar-refractivity contribution in [2.24, 2.45) is 7.05 Å². The lowest BCUT2D eigenvalue weighted by Crippen LogP contribution is -2.45. The Labute approximate surface area is 237 Å². The molecular weight excluding hydrogens is 550 g/mol. The number of sulfone groups is 1. The number of guanidine groups is 1. The average molecular weight is 584 g/mol. The van der Waals surface area contributed by atoms with Gasteiger partial charge in [-0.3, -0.25) is 19.6 Å². The highest BCUT2D eigenvalue weighted by atomic mass is 32.2. The SMILES string of the molecule is CN(C)C(NCC1c2c[nH]c3c(=O)n(C)cc(c23)-c2cc(CS(C)(=O)=O)ccc2N1c1ccc(F)cc1F)=[N+](C)C. The number of nitrogens with zero attached hydrogens (tertiary/aromatic N) is 4. The number of hydrogen-bond donors (Lipinski definition) is 2. The van der Waals surface area contributed by atoms with E-state index < -0.39 is 27.5 Å². The number of aryl methyl sites for hydroxylation is 1. The number of fused-ring (bicyclic) bond motifs is 2. The van der Waals surface area contributed by atoms with Gasteiger partial charge in [0.05, 0.1) is 52.2 Å². The average Bonchev–Trinajstić information content (AvgIpc) is 3.27. The molecule has 2 N–H and O–H groups in total. The smallest absolute Gasteiger partial charge is 0.347 e. The Balaban J connectivity index is 1.85. The Hall–Kier alpha value is -4.19. The first-order valence-corrected chi connectivity index (χ1v) is 15.0. The van der Waals surface area contributed by atoms with Gasteiger partial charge in [-0.25, -0.2) is 17.2 Å². The summed E-state index contributed by atoms with van der Waals surface area (Å²) in [4.78, 5) is 20.1. The van der Waals surface area contributed by atoms with E-state index >= 15 is 4.39 Å². The molecule has 5 rings (SSSR count). The zero-order chi connectivity index (χ0) is 29.8. The predicted octanol–water partition coefficient (Wildman–Crippen LogP) is 3.33. The molecule has 3 heterocycles. The number of halogens is 2. The molecule has 9 nitrogen and oxygen atoms in total. The molecule has 0 bridgehead atoms. The van der Waals surface area contributed by atoms with Gasteiger partial charge in [0.15, 0.2) is 9.84 Å². The molecule has 2 aromatic carbocycles. The third-order valence-electron chi connectivity index (χ3n) is 7.22. The van der Waals surface area contributed by atoms with Crippen LogP contribution in [-0.2, 0) is 22.6 Å². The predicted molar refractivity (Wildman–Crippen MR) is 158 cm³/mol. The molecule has 4 aromatic rings. The van der Waals surface area contributed by atoms with Crippen molar-refractivity contribution in [2.45, 2.75) is 11.8 Å². The molecule has 12 heteroatoms. The van der Waals surface area contributed by atoms with Crippen molar-refractivity contribution in [3.63, 3.8) is 0 Å². The van der Waals surface area contributed by atoms with Crippen LogP contribution in [0.3, 0.4) is 0 Å². The van der Waals surface area contributed by atoms with Crippen LogP contribution in [0.1, 0.15) is 17.2 Å². The Morgan fingerprint density at radius 1 is 1.10 bits per heavy atom. The van der Waals surface area contributed by atoms with E-state index in [9.17, 15) is 17.6 Å². The number of benzene rings is 2. The van der Waals surface area contributed by atoms with Crippen LogP contribution in [0.2, 0.25) is 0 Å². The van der Waals surface area contributed by atoms with Crippen molar-refractivity contribution in [3.05, 3.63) is 81.9 Å². The lowest BCUT2D eigenvalue weighted by atomic mass is 9.98. The Morgan fingerprint density at radius 2 is 1.80 bits per heavy atom. The number of rotatable bonds is 5. The number of pyridine rings is 1.